The fourth-order valence-electron chi connectivity index (χ4n) is 1.75. The minimum Gasteiger partial charge on any atom is -0.454 e. The number of nitrogen functional groups attached to an aromatic ring is 1. The number of esters is 1. The van der Waals surface area contributed by atoms with E-state index in [1.165, 1.54) is 12.1 Å². The predicted molar refractivity (Wildman–Crippen MR) is 78.6 cm³/mol. The van der Waals surface area contributed by atoms with E-state index in [2.05, 4.69) is 0 Å². The van der Waals surface area contributed by atoms with Gasteiger partial charge in [-0.25, -0.2) is 4.79 Å². The third-order valence-electron chi connectivity index (χ3n) is 2.90. The zero-order valence-corrected chi connectivity index (χ0v) is 11.4. The maximum atomic E-state index is 11.9. The highest BCUT2D eigenvalue weighted by atomic mass is 16.6. The Balaban J connectivity index is 2.08. The van der Waals surface area contributed by atoms with E-state index in [0.29, 0.717) is 5.56 Å². The summed E-state index contributed by atoms with van der Waals surface area (Å²) >= 11 is 0. The molecule has 112 valence electrons. The number of nitro benzene ring substituents is 1. The second-order valence-corrected chi connectivity index (χ2v) is 4.39. The van der Waals surface area contributed by atoms with Crippen molar-refractivity contribution in [3.8, 4) is 0 Å². The first-order valence-electron chi connectivity index (χ1n) is 6.28. The van der Waals surface area contributed by atoms with Crippen molar-refractivity contribution in [2.75, 3.05) is 12.3 Å². The summed E-state index contributed by atoms with van der Waals surface area (Å²) in [6.45, 7) is -0.467. The van der Waals surface area contributed by atoms with Crippen LogP contribution in [0.25, 0.3) is 0 Å². The SMILES string of the molecule is Nc1ccc([N+](=O)[O-])cc1C(=O)OCC(=O)c1ccccc1. The number of nitro groups is 1. The number of nitrogens with zero attached hydrogens (tertiary/aromatic N) is 1. The van der Waals surface area contributed by atoms with Crippen LogP contribution in [0.4, 0.5) is 11.4 Å². The number of non-ortho nitro benzene ring substituents is 1. The normalized spacial score (nSPS) is 10.0. The van der Waals surface area contributed by atoms with Gasteiger partial charge in [-0.3, -0.25) is 14.9 Å². The summed E-state index contributed by atoms with van der Waals surface area (Å²) in [4.78, 5) is 33.8. The van der Waals surface area contributed by atoms with Crippen molar-refractivity contribution in [1.82, 2.24) is 0 Å². The Morgan fingerprint density at radius 2 is 1.82 bits per heavy atom. The second kappa shape index (κ2) is 6.49. The fraction of sp³-hybridized carbons (Fsp3) is 0.0667. The molecule has 0 radical (unpaired) electrons. The van der Waals surface area contributed by atoms with Crippen molar-refractivity contribution >= 4 is 23.1 Å². The molecule has 0 bridgehead atoms. The summed E-state index contributed by atoms with van der Waals surface area (Å²) in [7, 11) is 0. The average Bonchev–Trinajstić information content (AvgIpc) is 2.53. The zero-order chi connectivity index (χ0) is 16.1. The van der Waals surface area contributed by atoms with Crippen LogP contribution >= 0.6 is 0 Å². The van der Waals surface area contributed by atoms with Crippen molar-refractivity contribution < 1.29 is 19.2 Å². The van der Waals surface area contributed by atoms with Gasteiger partial charge in [0, 0.05) is 23.4 Å². The van der Waals surface area contributed by atoms with E-state index in [4.69, 9.17) is 10.5 Å². The molecule has 0 atom stereocenters. The van der Waals surface area contributed by atoms with Crippen LogP contribution in [0.15, 0.2) is 48.5 Å². The van der Waals surface area contributed by atoms with E-state index in [1.807, 2.05) is 0 Å². The Bertz CT molecular complexity index is 728. The first-order chi connectivity index (χ1) is 10.5. The summed E-state index contributed by atoms with van der Waals surface area (Å²) in [6, 6.07) is 11.8. The highest BCUT2D eigenvalue weighted by Gasteiger charge is 2.18. The molecule has 0 saturated heterocycles. The minimum atomic E-state index is -0.884. The Morgan fingerprint density at radius 1 is 1.14 bits per heavy atom. The molecule has 2 rings (SSSR count). The minimum absolute atomic E-state index is 0.0442. The van der Waals surface area contributed by atoms with E-state index in [1.54, 1.807) is 30.3 Å². The van der Waals surface area contributed by atoms with E-state index in [9.17, 15) is 19.7 Å². The molecule has 0 aliphatic carbocycles. The molecule has 2 N–H and O–H groups in total. The second-order valence-electron chi connectivity index (χ2n) is 4.39. The third-order valence-corrected chi connectivity index (χ3v) is 2.90. The van der Waals surface area contributed by atoms with E-state index >= 15 is 0 Å². The smallest absolute Gasteiger partial charge is 0.340 e. The summed E-state index contributed by atoms with van der Waals surface area (Å²) in [5.74, 6) is -1.26. The van der Waals surface area contributed by atoms with E-state index < -0.39 is 17.5 Å². The molecular weight excluding hydrogens is 288 g/mol. The van der Waals surface area contributed by atoms with Crippen LogP contribution in [0.3, 0.4) is 0 Å². The fourth-order valence-corrected chi connectivity index (χ4v) is 1.75. The Labute approximate surface area is 125 Å². The maximum Gasteiger partial charge on any atom is 0.340 e. The molecule has 0 fully saturated rings. The average molecular weight is 300 g/mol. The van der Waals surface area contributed by atoms with Gasteiger partial charge in [0.05, 0.1) is 10.5 Å². The van der Waals surface area contributed by atoms with Gasteiger partial charge in [-0.15, -0.1) is 0 Å². The first kappa shape index (κ1) is 15.2. The van der Waals surface area contributed by atoms with Crippen molar-refractivity contribution in [2.24, 2.45) is 0 Å². The third kappa shape index (κ3) is 3.45. The summed E-state index contributed by atoms with van der Waals surface area (Å²) in [5, 5.41) is 10.7. The van der Waals surface area contributed by atoms with Gasteiger partial charge in [0.25, 0.3) is 5.69 Å². The number of ketones is 1. The predicted octanol–water partition coefficient (Wildman–Crippen LogP) is 2.22. The van der Waals surface area contributed by atoms with Crippen LogP contribution in [0.1, 0.15) is 20.7 Å². The highest BCUT2D eigenvalue weighted by Crippen LogP contribution is 2.20. The van der Waals surface area contributed by atoms with Crippen LogP contribution < -0.4 is 5.73 Å². The van der Waals surface area contributed by atoms with Crippen LogP contribution in [0.5, 0.6) is 0 Å². The number of ether oxygens (including phenoxy) is 1. The Morgan fingerprint density at radius 3 is 2.45 bits per heavy atom. The number of hydrogen-bond donors (Lipinski definition) is 1. The standard InChI is InChI=1S/C15H12N2O5/c16-13-7-6-11(17(20)21)8-12(13)15(19)22-9-14(18)10-4-2-1-3-5-10/h1-8H,9,16H2. The van der Waals surface area contributed by atoms with Gasteiger partial charge in [-0.05, 0) is 6.07 Å². The molecule has 0 heterocycles. The monoisotopic (exact) mass is 300 g/mol. The lowest BCUT2D eigenvalue weighted by molar-refractivity contribution is -0.384. The molecule has 7 heteroatoms. The number of benzene rings is 2. The molecule has 0 aliphatic heterocycles. The Kier molecular flexibility index (Phi) is 4.47. The number of rotatable bonds is 5. The lowest BCUT2D eigenvalue weighted by Crippen LogP contribution is -2.15. The Hall–Kier alpha value is -3.22. The maximum absolute atomic E-state index is 11.9. The van der Waals surface area contributed by atoms with Crippen LogP contribution in [-0.4, -0.2) is 23.3 Å². The van der Waals surface area contributed by atoms with Crippen molar-refractivity contribution in [3.05, 3.63) is 69.8 Å². The molecule has 0 aromatic heterocycles. The van der Waals surface area contributed by atoms with E-state index in [-0.39, 0.29) is 22.7 Å². The topological polar surface area (TPSA) is 113 Å². The molecule has 0 aliphatic rings. The van der Waals surface area contributed by atoms with Crippen LogP contribution in [-0.2, 0) is 4.74 Å². The van der Waals surface area contributed by atoms with Gasteiger partial charge < -0.3 is 10.5 Å². The van der Waals surface area contributed by atoms with Crippen molar-refractivity contribution in [1.29, 1.82) is 0 Å². The molecule has 2 aromatic rings. The number of nitrogens with two attached hydrogens (primary N) is 1. The van der Waals surface area contributed by atoms with E-state index in [0.717, 1.165) is 6.07 Å². The van der Waals surface area contributed by atoms with Gasteiger partial charge in [-0.2, -0.15) is 0 Å². The number of hydrogen-bond acceptors (Lipinski definition) is 6. The van der Waals surface area contributed by atoms with Gasteiger partial charge in [-0.1, -0.05) is 30.3 Å². The number of carbonyl (C=O) groups excluding carboxylic acids is 2. The molecule has 0 unspecified atom stereocenters. The van der Waals surface area contributed by atoms with Gasteiger partial charge in [0.2, 0.25) is 0 Å². The highest BCUT2D eigenvalue weighted by molar-refractivity contribution is 6.00. The zero-order valence-electron chi connectivity index (χ0n) is 11.4. The molecule has 0 amide bonds. The largest absolute Gasteiger partial charge is 0.454 e. The van der Waals surface area contributed by atoms with Crippen LogP contribution in [0.2, 0.25) is 0 Å². The van der Waals surface area contributed by atoms with Crippen LogP contribution in [0, 0.1) is 10.1 Å². The summed E-state index contributed by atoms with van der Waals surface area (Å²) in [5.41, 5.74) is 5.62. The molecule has 7 nitrogen and oxygen atoms in total. The molecule has 22 heavy (non-hydrogen) atoms. The molecule has 0 saturated carbocycles. The summed E-state index contributed by atoms with van der Waals surface area (Å²) < 4.78 is 4.87. The molecule has 0 spiro atoms. The van der Waals surface area contributed by atoms with Crippen molar-refractivity contribution in [2.45, 2.75) is 0 Å². The number of carbonyl (C=O) groups is 2. The van der Waals surface area contributed by atoms with Crippen molar-refractivity contribution in [3.63, 3.8) is 0 Å². The quantitative estimate of drug-likeness (QED) is 0.298. The summed E-state index contributed by atoms with van der Waals surface area (Å²) in [6.07, 6.45) is 0. The molecule has 2 aromatic carbocycles. The number of anilines is 1. The number of Topliss-reactive ketones (excluding diaryl/α,β-unsaturated/α-hetero) is 1. The lowest BCUT2D eigenvalue weighted by Gasteiger charge is -2.06. The lowest BCUT2D eigenvalue weighted by atomic mass is 10.1. The molecular formula is C15H12N2O5. The first-order valence-corrected chi connectivity index (χ1v) is 6.28. The van der Waals surface area contributed by atoms with Gasteiger partial charge in [0.1, 0.15) is 0 Å². The van der Waals surface area contributed by atoms with Gasteiger partial charge in [0.15, 0.2) is 12.4 Å². The van der Waals surface area contributed by atoms with Gasteiger partial charge >= 0.3 is 5.97 Å².